The number of benzene rings is 1. The summed E-state index contributed by atoms with van der Waals surface area (Å²) in [7, 11) is -3.55. The lowest BCUT2D eigenvalue weighted by Crippen LogP contribution is -2.37. The van der Waals surface area contributed by atoms with E-state index in [-0.39, 0.29) is 10.9 Å². The van der Waals surface area contributed by atoms with Gasteiger partial charge in [0.2, 0.25) is 10.0 Å². The maximum atomic E-state index is 13.0. The second kappa shape index (κ2) is 5.85. The topological polar surface area (TPSA) is 63.4 Å². The number of aryl methyl sites for hydroxylation is 2. The predicted octanol–water partition coefficient (Wildman–Crippen LogP) is 2.69. The van der Waals surface area contributed by atoms with E-state index in [0.717, 1.165) is 24.8 Å². The Morgan fingerprint density at radius 2 is 2.00 bits per heavy atom. The third-order valence-corrected chi connectivity index (χ3v) is 6.37. The molecule has 1 atom stereocenters. The minimum absolute atomic E-state index is 0.00102. The van der Waals surface area contributed by atoms with Gasteiger partial charge in [0.1, 0.15) is 10.6 Å². The smallest absolute Gasteiger partial charge is 0.248 e. The Kier molecular flexibility index (Phi) is 4.06. The molecule has 0 aliphatic carbocycles. The first kappa shape index (κ1) is 15.2. The first-order valence-corrected chi connectivity index (χ1v) is 8.93. The zero-order valence-electron chi connectivity index (χ0n) is 12.8. The molecule has 1 aliphatic heterocycles. The van der Waals surface area contributed by atoms with Crippen LogP contribution in [-0.2, 0) is 16.4 Å². The molecule has 22 heavy (non-hydrogen) atoms. The van der Waals surface area contributed by atoms with Crippen molar-refractivity contribution in [2.45, 2.75) is 44.0 Å². The van der Waals surface area contributed by atoms with Crippen molar-refractivity contribution in [1.29, 1.82) is 0 Å². The van der Waals surface area contributed by atoms with Crippen LogP contribution in [0.1, 0.15) is 29.9 Å². The van der Waals surface area contributed by atoms with Gasteiger partial charge in [-0.2, -0.15) is 4.31 Å². The SMILES string of the molecule is Cc1noc(C)c1S(=O)(=O)N1CCCC1Cc1ccccc1. The van der Waals surface area contributed by atoms with Crippen LogP contribution in [-0.4, -0.2) is 30.5 Å². The fourth-order valence-electron chi connectivity index (χ4n) is 3.18. The molecular formula is C16H20N2O3S. The van der Waals surface area contributed by atoms with Crippen molar-refractivity contribution in [2.24, 2.45) is 0 Å². The van der Waals surface area contributed by atoms with Crippen molar-refractivity contribution in [2.75, 3.05) is 6.54 Å². The first-order chi connectivity index (χ1) is 10.5. The van der Waals surface area contributed by atoms with Gasteiger partial charge in [0.25, 0.3) is 0 Å². The van der Waals surface area contributed by atoms with Crippen LogP contribution in [0.2, 0.25) is 0 Å². The predicted molar refractivity (Wildman–Crippen MR) is 83.0 cm³/mol. The lowest BCUT2D eigenvalue weighted by molar-refractivity contribution is 0.379. The third-order valence-electron chi connectivity index (χ3n) is 4.17. The Morgan fingerprint density at radius 1 is 1.27 bits per heavy atom. The molecule has 0 amide bonds. The molecule has 5 nitrogen and oxygen atoms in total. The molecule has 1 aromatic carbocycles. The Morgan fingerprint density at radius 3 is 2.64 bits per heavy atom. The molecule has 0 saturated carbocycles. The van der Waals surface area contributed by atoms with Crippen molar-refractivity contribution in [3.63, 3.8) is 0 Å². The van der Waals surface area contributed by atoms with E-state index in [9.17, 15) is 8.42 Å². The molecule has 0 bridgehead atoms. The summed E-state index contributed by atoms with van der Waals surface area (Å²) in [5.41, 5.74) is 1.59. The summed E-state index contributed by atoms with van der Waals surface area (Å²) in [6.45, 7) is 3.88. The minimum atomic E-state index is -3.55. The summed E-state index contributed by atoms with van der Waals surface area (Å²) >= 11 is 0. The van der Waals surface area contributed by atoms with Crippen LogP contribution in [0.5, 0.6) is 0 Å². The third kappa shape index (κ3) is 2.68. The lowest BCUT2D eigenvalue weighted by Gasteiger charge is -2.24. The van der Waals surface area contributed by atoms with Crippen molar-refractivity contribution in [3.05, 3.63) is 47.3 Å². The van der Waals surface area contributed by atoms with Crippen LogP contribution in [0.4, 0.5) is 0 Å². The van der Waals surface area contributed by atoms with E-state index in [0.29, 0.717) is 18.0 Å². The van der Waals surface area contributed by atoms with Crippen molar-refractivity contribution >= 4 is 10.0 Å². The summed E-state index contributed by atoms with van der Waals surface area (Å²) in [5, 5.41) is 3.78. The second-order valence-corrected chi connectivity index (χ2v) is 7.58. The van der Waals surface area contributed by atoms with Crippen LogP contribution < -0.4 is 0 Å². The number of hydrogen-bond donors (Lipinski definition) is 0. The monoisotopic (exact) mass is 320 g/mol. The van der Waals surface area contributed by atoms with Gasteiger partial charge in [-0.1, -0.05) is 35.5 Å². The van der Waals surface area contributed by atoms with E-state index >= 15 is 0 Å². The van der Waals surface area contributed by atoms with Gasteiger partial charge in [0.15, 0.2) is 5.76 Å². The lowest BCUT2D eigenvalue weighted by atomic mass is 10.1. The van der Waals surface area contributed by atoms with Gasteiger partial charge in [0, 0.05) is 12.6 Å². The van der Waals surface area contributed by atoms with Crippen molar-refractivity contribution in [3.8, 4) is 0 Å². The summed E-state index contributed by atoms with van der Waals surface area (Å²) in [5.74, 6) is 0.364. The van der Waals surface area contributed by atoms with E-state index in [2.05, 4.69) is 5.16 Å². The van der Waals surface area contributed by atoms with E-state index < -0.39 is 10.0 Å². The van der Waals surface area contributed by atoms with Gasteiger partial charge in [-0.05, 0) is 38.7 Å². The quantitative estimate of drug-likeness (QED) is 0.869. The fourth-order valence-corrected chi connectivity index (χ4v) is 5.16. The highest BCUT2D eigenvalue weighted by molar-refractivity contribution is 7.89. The highest BCUT2D eigenvalue weighted by Gasteiger charge is 2.38. The molecule has 6 heteroatoms. The summed E-state index contributed by atoms with van der Waals surface area (Å²) in [6.07, 6.45) is 2.51. The molecule has 1 unspecified atom stereocenters. The van der Waals surface area contributed by atoms with Gasteiger partial charge in [-0.3, -0.25) is 0 Å². The maximum absolute atomic E-state index is 13.0. The van der Waals surface area contributed by atoms with Gasteiger partial charge < -0.3 is 4.52 Å². The molecular weight excluding hydrogens is 300 g/mol. The molecule has 1 fully saturated rings. The fraction of sp³-hybridized carbons (Fsp3) is 0.438. The molecule has 1 aromatic heterocycles. The average Bonchev–Trinajstić information content (AvgIpc) is 3.07. The molecule has 3 rings (SSSR count). The molecule has 1 saturated heterocycles. The Labute approximate surface area is 131 Å². The van der Waals surface area contributed by atoms with Gasteiger partial charge >= 0.3 is 0 Å². The maximum Gasteiger partial charge on any atom is 0.248 e. The summed E-state index contributed by atoms with van der Waals surface area (Å²) < 4.78 is 32.6. The van der Waals surface area contributed by atoms with E-state index in [1.165, 1.54) is 0 Å². The van der Waals surface area contributed by atoms with E-state index in [1.54, 1.807) is 18.2 Å². The Bertz CT molecular complexity index is 733. The number of nitrogens with zero attached hydrogens (tertiary/aromatic N) is 2. The van der Waals surface area contributed by atoms with Gasteiger partial charge in [0.05, 0.1) is 0 Å². The highest BCUT2D eigenvalue weighted by Crippen LogP contribution is 2.31. The average molecular weight is 320 g/mol. The van der Waals surface area contributed by atoms with Crippen LogP contribution in [0.15, 0.2) is 39.8 Å². The van der Waals surface area contributed by atoms with Crippen molar-refractivity contribution < 1.29 is 12.9 Å². The molecule has 2 heterocycles. The molecule has 0 spiro atoms. The zero-order valence-corrected chi connectivity index (χ0v) is 13.6. The van der Waals surface area contributed by atoms with Crippen molar-refractivity contribution in [1.82, 2.24) is 9.46 Å². The van der Waals surface area contributed by atoms with Crippen LogP contribution in [0.3, 0.4) is 0 Å². The molecule has 0 radical (unpaired) electrons. The number of hydrogen-bond acceptors (Lipinski definition) is 4. The molecule has 0 N–H and O–H groups in total. The van der Waals surface area contributed by atoms with E-state index in [4.69, 9.17) is 4.52 Å². The zero-order chi connectivity index (χ0) is 15.7. The largest absolute Gasteiger partial charge is 0.360 e. The number of sulfonamides is 1. The van der Waals surface area contributed by atoms with Gasteiger partial charge in [-0.25, -0.2) is 8.42 Å². The molecule has 118 valence electrons. The Balaban J connectivity index is 1.90. The van der Waals surface area contributed by atoms with E-state index in [1.807, 2.05) is 30.3 Å². The summed E-state index contributed by atoms with van der Waals surface area (Å²) in [6, 6.07) is 10.0. The number of rotatable bonds is 4. The van der Waals surface area contributed by atoms with Crippen LogP contribution in [0, 0.1) is 13.8 Å². The highest BCUT2D eigenvalue weighted by atomic mass is 32.2. The molecule has 2 aromatic rings. The molecule has 1 aliphatic rings. The van der Waals surface area contributed by atoms with Gasteiger partial charge in [-0.15, -0.1) is 0 Å². The second-order valence-electron chi connectivity index (χ2n) is 5.75. The van der Waals surface area contributed by atoms with Crippen LogP contribution in [0.25, 0.3) is 0 Å². The standard InChI is InChI=1S/C16H20N2O3S/c1-12-16(13(2)21-17-12)22(19,20)18-10-6-9-15(18)11-14-7-4-3-5-8-14/h3-5,7-8,15H,6,9-11H2,1-2H3. The Hall–Kier alpha value is -1.66. The normalized spacial score (nSPS) is 19.6. The first-order valence-electron chi connectivity index (χ1n) is 7.49. The van der Waals surface area contributed by atoms with Crippen LogP contribution >= 0.6 is 0 Å². The summed E-state index contributed by atoms with van der Waals surface area (Å²) in [4.78, 5) is 0.229. The number of aromatic nitrogens is 1. The minimum Gasteiger partial charge on any atom is -0.360 e.